The molecule has 0 aliphatic carbocycles. The second-order valence-corrected chi connectivity index (χ2v) is 21.6. The minimum atomic E-state index is -0.703. The molecule has 3 N–H and O–H groups in total. The number of hydrogen-bond acceptors (Lipinski definition) is 19. The molecule has 25 heteroatoms. The zero-order valence-electron chi connectivity index (χ0n) is 53.2. The van der Waals surface area contributed by atoms with Gasteiger partial charge < -0.3 is 72.1 Å². The van der Waals surface area contributed by atoms with Crippen LogP contribution in [0.15, 0.2) is 146 Å². The smallest absolute Gasteiger partial charge is 0.338 e. The summed E-state index contributed by atoms with van der Waals surface area (Å²) in [6.45, 7) is 21.3. The van der Waals surface area contributed by atoms with Crippen molar-refractivity contribution in [1.82, 2.24) is 0 Å². The van der Waals surface area contributed by atoms with Crippen molar-refractivity contribution in [2.24, 2.45) is 5.73 Å². The van der Waals surface area contributed by atoms with Crippen molar-refractivity contribution in [2.75, 3.05) is 21.3 Å². The first-order chi connectivity index (χ1) is 45.3. The molecule has 0 fully saturated rings. The van der Waals surface area contributed by atoms with Gasteiger partial charge in [-0.05, 0) is 147 Å². The van der Waals surface area contributed by atoms with Crippen molar-refractivity contribution >= 4 is 85.0 Å². The van der Waals surface area contributed by atoms with Crippen LogP contribution in [0.25, 0.3) is 4.85 Å². The number of methoxy groups -OCH3 is 3. The number of primary amides is 1. The third kappa shape index (κ3) is 16.8. The molecule has 4 aliphatic heterocycles. The van der Waals surface area contributed by atoms with Crippen LogP contribution in [0.4, 0.5) is 5.69 Å². The number of ether oxygens (including phenoxy) is 9. The highest BCUT2D eigenvalue weighted by Gasteiger charge is 2.28. The minimum absolute atomic E-state index is 0.0700. The predicted octanol–water partition coefficient (Wildman–Crippen LogP) is 10.9. The molecule has 0 unspecified atom stereocenters. The van der Waals surface area contributed by atoms with E-state index in [2.05, 4.69) is 9.58 Å². The summed E-state index contributed by atoms with van der Waals surface area (Å²) >= 11 is 0. The van der Waals surface area contributed by atoms with Crippen LogP contribution in [0.3, 0.4) is 0 Å². The number of aromatic hydroxyl groups is 1. The van der Waals surface area contributed by atoms with Crippen LogP contribution in [0.2, 0.25) is 27.3 Å². The first-order valence-corrected chi connectivity index (χ1v) is 30.0. The van der Waals surface area contributed by atoms with Crippen LogP contribution in [0.1, 0.15) is 80.0 Å². The Balaban J connectivity index is 0.000000148. The van der Waals surface area contributed by atoms with E-state index < -0.39 is 17.8 Å². The fourth-order valence-corrected chi connectivity index (χ4v) is 10.3. The molecule has 1 amide bonds. The first kappa shape index (κ1) is 67.9. The lowest BCUT2D eigenvalue weighted by atomic mass is 9.64. The maximum absolute atomic E-state index is 11.8. The molecule has 0 atom stereocenters. The number of esters is 4. The Labute approximate surface area is 545 Å². The highest BCUT2D eigenvalue weighted by molar-refractivity contribution is 6.68. The molecule has 0 radical (unpaired) electrons. The number of nitrogens with zero attached hydrogens (tertiary/aromatic N) is 1. The van der Waals surface area contributed by atoms with Gasteiger partial charge in [-0.25, -0.2) is 14.4 Å². The van der Waals surface area contributed by atoms with Crippen LogP contribution in [-0.4, -0.2) is 83.9 Å². The normalized spacial score (nSPS) is 12.7. The van der Waals surface area contributed by atoms with Gasteiger partial charge in [0.15, 0.2) is 23.0 Å². The molecule has 12 rings (SSSR count). The summed E-state index contributed by atoms with van der Waals surface area (Å²) in [5.41, 5.74) is 14.9. The number of fused-ring (bicyclic) bond motifs is 4. The molecule has 94 heavy (non-hydrogen) atoms. The van der Waals surface area contributed by atoms with Crippen LogP contribution >= 0.6 is 0 Å². The van der Waals surface area contributed by atoms with Gasteiger partial charge in [0.05, 0.1) is 71.0 Å². The molecule has 0 spiro atoms. The molecule has 8 aromatic rings. The highest BCUT2D eigenvalue weighted by Crippen LogP contribution is 2.37. The molecule has 4 aliphatic rings. The van der Waals surface area contributed by atoms with Crippen LogP contribution in [-0.2, 0) is 64.1 Å². The number of hydrogen-bond donors (Lipinski definition) is 2. The Kier molecular flexibility index (Phi) is 22.5. The van der Waals surface area contributed by atoms with Gasteiger partial charge in [0.1, 0.15) is 46.0 Å². The Morgan fingerprint density at radius 3 is 1.21 bits per heavy atom. The van der Waals surface area contributed by atoms with Crippen molar-refractivity contribution in [3.63, 3.8) is 0 Å². The van der Waals surface area contributed by atoms with Crippen molar-refractivity contribution in [3.05, 3.63) is 196 Å². The van der Waals surface area contributed by atoms with E-state index >= 15 is 0 Å². The van der Waals surface area contributed by atoms with E-state index in [4.69, 9.17) is 68.8 Å². The summed E-state index contributed by atoms with van der Waals surface area (Å²) in [5.74, 6) is 2.93. The van der Waals surface area contributed by atoms with Gasteiger partial charge in [-0.15, -0.1) is 0 Å². The molecule has 0 saturated heterocycles. The quantitative estimate of drug-likeness (QED) is 0.0394. The van der Waals surface area contributed by atoms with Gasteiger partial charge in [0.25, 0.3) is 0 Å². The van der Waals surface area contributed by atoms with Crippen LogP contribution in [0, 0.1) is 6.57 Å². The van der Waals surface area contributed by atoms with E-state index in [1.54, 1.807) is 69.5 Å². The lowest BCUT2D eigenvalue weighted by Crippen LogP contribution is -2.23. The Bertz CT molecular complexity index is 4200. The minimum Gasteiger partial charge on any atom is -0.504 e. The summed E-state index contributed by atoms with van der Waals surface area (Å²) in [6, 6.07) is 41.9. The van der Waals surface area contributed by atoms with E-state index in [1.165, 1.54) is 43.9 Å². The average molecular weight is 1270 g/mol. The number of rotatable bonds is 16. The van der Waals surface area contributed by atoms with E-state index in [1.807, 2.05) is 100 Å². The predicted molar refractivity (Wildman–Crippen MR) is 354 cm³/mol. The second kappa shape index (κ2) is 31.2. The molecule has 0 saturated carbocycles. The SMILES string of the molecule is CCC(=O)Oc1ccc(Oc2ccc3c(c2)COB3C)c(O)c1.CCC(=O)Oc1ccc(Oc2ccc3c(c2)COB3C)c(OC)c1.COC(=O)c1cc(Oc2ccc3c(c2)COB3C)ccc1C(N)=O.[C-]#[N+]c1ccc(Oc2ccc3c(c2)COB3C)cc1C(=O)OC. The van der Waals surface area contributed by atoms with Gasteiger partial charge in [-0.3, -0.25) is 14.4 Å². The third-order valence-electron chi connectivity index (χ3n) is 15.4. The molecule has 0 bridgehead atoms. The fourth-order valence-electron chi connectivity index (χ4n) is 10.3. The maximum Gasteiger partial charge on any atom is 0.338 e. The zero-order valence-corrected chi connectivity index (χ0v) is 53.2. The third-order valence-corrected chi connectivity index (χ3v) is 15.4. The monoisotopic (exact) mass is 1270 g/mol. The van der Waals surface area contributed by atoms with Gasteiger partial charge in [0.2, 0.25) is 11.6 Å². The Morgan fingerprint density at radius 2 is 0.809 bits per heavy atom. The lowest BCUT2D eigenvalue weighted by Gasteiger charge is -2.12. The Hall–Kier alpha value is -10.5. The molecule has 478 valence electrons. The second-order valence-electron chi connectivity index (χ2n) is 21.6. The number of phenolic OH excluding ortho intramolecular Hbond substituents is 1. The van der Waals surface area contributed by atoms with E-state index in [9.17, 15) is 29.1 Å². The first-order valence-electron chi connectivity index (χ1n) is 30.0. The van der Waals surface area contributed by atoms with Gasteiger partial charge >= 0.3 is 51.5 Å². The number of benzene rings is 8. The van der Waals surface area contributed by atoms with E-state index in [0.29, 0.717) is 90.3 Å². The number of phenols is 1. The average Bonchev–Trinajstić information content (AvgIpc) is 1.70. The summed E-state index contributed by atoms with van der Waals surface area (Å²) in [7, 11) is 4.07. The van der Waals surface area contributed by atoms with Crippen molar-refractivity contribution in [3.8, 4) is 69.0 Å². The maximum atomic E-state index is 11.8. The van der Waals surface area contributed by atoms with Crippen molar-refractivity contribution in [1.29, 1.82) is 0 Å². The highest BCUT2D eigenvalue weighted by atomic mass is 16.6. The van der Waals surface area contributed by atoms with Crippen molar-refractivity contribution in [2.45, 2.75) is 80.4 Å². The van der Waals surface area contributed by atoms with Gasteiger partial charge in [-0.2, -0.15) is 0 Å². The lowest BCUT2D eigenvalue weighted by molar-refractivity contribution is -0.134. The Morgan fingerprint density at radius 1 is 0.447 bits per heavy atom. The van der Waals surface area contributed by atoms with Gasteiger partial charge in [-0.1, -0.05) is 71.5 Å². The van der Waals surface area contributed by atoms with Crippen molar-refractivity contribution < 1.29 is 90.3 Å². The largest absolute Gasteiger partial charge is 0.504 e. The molecule has 8 aromatic carbocycles. The molecule has 0 aromatic heterocycles. The summed E-state index contributed by atoms with van der Waals surface area (Å²) in [4.78, 5) is 61.0. The van der Waals surface area contributed by atoms with E-state index in [-0.39, 0.29) is 79.9 Å². The number of nitrogens with two attached hydrogens (primary N) is 1. The summed E-state index contributed by atoms with van der Waals surface area (Å²) in [6.07, 6.45) is 0.588. The fraction of sp³-hybridized carbons (Fsp3) is 0.217. The summed E-state index contributed by atoms with van der Waals surface area (Å²) < 4.78 is 70.5. The van der Waals surface area contributed by atoms with Crippen LogP contribution < -0.4 is 60.7 Å². The van der Waals surface area contributed by atoms with Gasteiger partial charge in [0, 0.05) is 25.0 Å². The van der Waals surface area contributed by atoms with Crippen LogP contribution in [0.5, 0.6) is 69.0 Å². The van der Waals surface area contributed by atoms with E-state index in [0.717, 1.165) is 38.6 Å². The summed E-state index contributed by atoms with van der Waals surface area (Å²) in [5, 5.41) is 10.0. The number of carbonyl (C=O) groups is 5. The standard InChI is InChI=1S/C18H19BO5.C17H16BNO5.C17H14BNO4.C17H17BO5/c1-4-18(20)24-14-6-8-16(17(10-14)21-3)23-13-5-7-15-12(9-13)11-22-19(15)2;1-18-15-6-4-11(7-10(15)9-23-18)24-12-3-5-13(16(19)20)14(8-12)17(21)22-2;1-18-15-6-4-12(8-11(15)10-22-18)23-13-5-7-16(19-2)14(9-13)17(20)21-3;1-3-17(20)23-13-5-7-16(15(19)9-13)22-12-4-6-14-11(8-12)10-21-18(14)2/h5-10H,4,11H2,1-3H3;3-8H,9H2,1-2H3,(H2,19,20);4-9H,10H2,1,3H3;4-9,19H,3,10H2,1-2H3. The molecule has 4 heterocycles. The molecular weight excluding hydrogens is 1200 g/mol. The zero-order chi connectivity index (χ0) is 67.2. The molecular formula is C69H66B4N2O19. The molecule has 21 nitrogen and oxygen atoms in total. The number of carbonyl (C=O) groups excluding carboxylic acids is 5. The topological polar surface area (TPSA) is 256 Å². The number of amides is 1.